The maximum Gasteiger partial charge on any atom is 0.124 e. The minimum Gasteiger partial charge on any atom is -0.497 e. The average molecular weight is 449 g/mol. The molecule has 0 amide bonds. The van der Waals surface area contributed by atoms with Gasteiger partial charge in [0.15, 0.2) is 0 Å². The molecular weight excluding hydrogens is 416 g/mol. The van der Waals surface area contributed by atoms with Crippen LogP contribution in [0.3, 0.4) is 0 Å². The van der Waals surface area contributed by atoms with Gasteiger partial charge in [0.2, 0.25) is 0 Å². The van der Waals surface area contributed by atoms with Crippen LogP contribution in [0.5, 0.6) is 11.5 Å². The zero-order chi connectivity index (χ0) is 22.6. The molecule has 1 aromatic heterocycles. The van der Waals surface area contributed by atoms with Gasteiger partial charge in [-0.1, -0.05) is 0 Å². The quantitative estimate of drug-likeness (QED) is 0.489. The predicted molar refractivity (Wildman–Crippen MR) is 130 cm³/mol. The maximum atomic E-state index is 5.53. The second kappa shape index (κ2) is 9.93. The third-order valence-corrected chi connectivity index (χ3v) is 6.46. The van der Waals surface area contributed by atoms with Gasteiger partial charge >= 0.3 is 0 Å². The van der Waals surface area contributed by atoms with E-state index in [9.17, 15) is 0 Å². The van der Waals surface area contributed by atoms with Crippen LogP contribution in [0.15, 0.2) is 42.6 Å². The number of fused-ring (bicyclic) bond motifs is 1. The first-order chi connectivity index (χ1) is 16.2. The van der Waals surface area contributed by atoms with E-state index in [1.165, 1.54) is 12.8 Å². The van der Waals surface area contributed by atoms with Gasteiger partial charge in [-0.15, -0.1) is 0 Å². The van der Waals surface area contributed by atoms with E-state index in [2.05, 4.69) is 45.1 Å². The molecular formula is C26H32N4O3. The number of rotatable bonds is 9. The summed E-state index contributed by atoms with van der Waals surface area (Å²) >= 11 is 0. The van der Waals surface area contributed by atoms with E-state index in [0.717, 1.165) is 85.4 Å². The SMILES string of the molecule is COc1cc(OC)cc(N(CC2CC2)c2ccc3ncc(CCN4CCOCC4)nc3c2)c1. The fourth-order valence-corrected chi connectivity index (χ4v) is 4.29. The number of hydrogen-bond donors (Lipinski definition) is 0. The van der Waals surface area contributed by atoms with Gasteiger partial charge < -0.3 is 19.1 Å². The van der Waals surface area contributed by atoms with Crippen molar-refractivity contribution in [1.82, 2.24) is 14.9 Å². The van der Waals surface area contributed by atoms with Crippen molar-refractivity contribution in [2.75, 3.05) is 58.5 Å². The van der Waals surface area contributed by atoms with Crippen LogP contribution in [0, 0.1) is 5.92 Å². The third-order valence-electron chi connectivity index (χ3n) is 6.46. The van der Waals surface area contributed by atoms with Gasteiger partial charge in [-0.25, -0.2) is 4.98 Å². The van der Waals surface area contributed by atoms with Crippen molar-refractivity contribution in [1.29, 1.82) is 0 Å². The number of anilines is 2. The summed E-state index contributed by atoms with van der Waals surface area (Å²) in [6.07, 6.45) is 5.36. The van der Waals surface area contributed by atoms with Crippen LogP contribution in [0.4, 0.5) is 11.4 Å². The fraction of sp³-hybridized carbons (Fsp3) is 0.462. The highest BCUT2D eigenvalue weighted by Crippen LogP contribution is 2.38. The fourth-order valence-electron chi connectivity index (χ4n) is 4.29. The second-order valence-electron chi connectivity index (χ2n) is 8.86. The van der Waals surface area contributed by atoms with Gasteiger partial charge in [-0.3, -0.25) is 9.88 Å². The summed E-state index contributed by atoms with van der Waals surface area (Å²) in [7, 11) is 3.38. The van der Waals surface area contributed by atoms with E-state index in [1.54, 1.807) is 14.2 Å². The minimum atomic E-state index is 0.712. The van der Waals surface area contributed by atoms with E-state index in [1.807, 2.05) is 12.3 Å². The molecule has 2 aliphatic rings. The number of ether oxygens (including phenoxy) is 3. The molecule has 0 bridgehead atoms. The second-order valence-corrected chi connectivity index (χ2v) is 8.86. The lowest BCUT2D eigenvalue weighted by molar-refractivity contribution is 0.0383. The Morgan fingerprint density at radius 3 is 2.42 bits per heavy atom. The standard InChI is InChI=1S/C26H32N4O3/c1-31-23-13-22(14-24(16-23)32-2)30(18-19-3-4-19)21-5-6-25-26(15-21)28-20(17-27-25)7-8-29-9-11-33-12-10-29/h5-6,13-17,19H,3-4,7-12,18H2,1-2H3. The number of aromatic nitrogens is 2. The molecule has 7 nitrogen and oxygen atoms in total. The molecule has 2 fully saturated rings. The van der Waals surface area contributed by atoms with E-state index < -0.39 is 0 Å². The molecule has 0 radical (unpaired) electrons. The normalized spacial score (nSPS) is 16.7. The molecule has 0 spiro atoms. The lowest BCUT2D eigenvalue weighted by Gasteiger charge is -2.26. The lowest BCUT2D eigenvalue weighted by atomic mass is 10.1. The smallest absolute Gasteiger partial charge is 0.124 e. The predicted octanol–water partition coefficient (Wildman–Crippen LogP) is 4.07. The molecule has 0 unspecified atom stereocenters. The zero-order valence-corrected chi connectivity index (χ0v) is 19.5. The number of morpholine rings is 1. The molecule has 0 N–H and O–H groups in total. The Hall–Kier alpha value is -2.90. The Morgan fingerprint density at radius 1 is 0.970 bits per heavy atom. The Morgan fingerprint density at radius 2 is 1.73 bits per heavy atom. The average Bonchev–Trinajstić information content (AvgIpc) is 3.70. The van der Waals surface area contributed by atoms with Gasteiger partial charge in [0.05, 0.1) is 44.2 Å². The highest BCUT2D eigenvalue weighted by Gasteiger charge is 2.26. The number of methoxy groups -OCH3 is 2. The van der Waals surface area contributed by atoms with Crippen molar-refractivity contribution in [2.24, 2.45) is 5.92 Å². The lowest BCUT2D eigenvalue weighted by Crippen LogP contribution is -2.37. The topological polar surface area (TPSA) is 60.0 Å². The van der Waals surface area contributed by atoms with Gasteiger partial charge in [0, 0.05) is 68.4 Å². The van der Waals surface area contributed by atoms with E-state index in [4.69, 9.17) is 19.2 Å². The van der Waals surface area contributed by atoms with Crippen molar-refractivity contribution < 1.29 is 14.2 Å². The van der Waals surface area contributed by atoms with Crippen molar-refractivity contribution >= 4 is 22.4 Å². The molecule has 1 saturated carbocycles. The van der Waals surface area contributed by atoms with Crippen molar-refractivity contribution in [2.45, 2.75) is 19.3 Å². The summed E-state index contributed by atoms with van der Waals surface area (Å²) in [5.74, 6) is 2.29. The highest BCUT2D eigenvalue weighted by atomic mass is 16.5. The van der Waals surface area contributed by atoms with Gasteiger partial charge in [0.1, 0.15) is 11.5 Å². The largest absolute Gasteiger partial charge is 0.497 e. The molecule has 1 aliphatic heterocycles. The summed E-state index contributed by atoms with van der Waals surface area (Å²) in [6, 6.07) is 12.4. The van der Waals surface area contributed by atoms with Gasteiger partial charge in [0.25, 0.3) is 0 Å². The van der Waals surface area contributed by atoms with E-state index in [0.29, 0.717) is 5.92 Å². The van der Waals surface area contributed by atoms with Gasteiger partial charge in [-0.05, 0) is 37.0 Å². The Labute approximate surface area is 195 Å². The highest BCUT2D eigenvalue weighted by molar-refractivity contribution is 5.81. The van der Waals surface area contributed by atoms with Crippen molar-refractivity contribution in [3.8, 4) is 11.5 Å². The molecule has 174 valence electrons. The van der Waals surface area contributed by atoms with Crippen LogP contribution >= 0.6 is 0 Å². The molecule has 1 saturated heterocycles. The Balaban J connectivity index is 1.43. The Kier molecular flexibility index (Phi) is 6.60. The van der Waals surface area contributed by atoms with Gasteiger partial charge in [-0.2, -0.15) is 0 Å². The van der Waals surface area contributed by atoms with Crippen LogP contribution in [0.1, 0.15) is 18.5 Å². The molecule has 7 heteroatoms. The molecule has 0 atom stereocenters. The maximum absolute atomic E-state index is 5.53. The summed E-state index contributed by atoms with van der Waals surface area (Å²) < 4.78 is 16.5. The number of nitrogens with zero attached hydrogens (tertiary/aromatic N) is 4. The molecule has 3 aromatic rings. The summed E-state index contributed by atoms with van der Waals surface area (Å²) in [6.45, 7) is 5.57. The molecule has 1 aliphatic carbocycles. The Bertz CT molecular complexity index is 1070. The van der Waals surface area contributed by atoms with Crippen LogP contribution in [-0.4, -0.2) is 68.5 Å². The summed E-state index contributed by atoms with van der Waals surface area (Å²) in [5.41, 5.74) is 5.06. The number of hydrogen-bond acceptors (Lipinski definition) is 7. The molecule has 33 heavy (non-hydrogen) atoms. The summed E-state index contributed by atoms with van der Waals surface area (Å²) in [4.78, 5) is 14.4. The number of benzene rings is 2. The summed E-state index contributed by atoms with van der Waals surface area (Å²) in [5, 5.41) is 0. The van der Waals surface area contributed by atoms with Crippen LogP contribution in [-0.2, 0) is 11.2 Å². The molecule has 2 aromatic carbocycles. The van der Waals surface area contributed by atoms with Crippen molar-refractivity contribution in [3.05, 3.63) is 48.3 Å². The molecule has 2 heterocycles. The van der Waals surface area contributed by atoms with E-state index >= 15 is 0 Å². The van der Waals surface area contributed by atoms with Crippen LogP contribution in [0.2, 0.25) is 0 Å². The zero-order valence-electron chi connectivity index (χ0n) is 19.5. The van der Waals surface area contributed by atoms with E-state index in [-0.39, 0.29) is 0 Å². The first kappa shape index (κ1) is 21.9. The van der Waals surface area contributed by atoms with Crippen LogP contribution in [0.25, 0.3) is 11.0 Å². The molecule has 5 rings (SSSR count). The third kappa shape index (κ3) is 5.37. The van der Waals surface area contributed by atoms with Crippen molar-refractivity contribution in [3.63, 3.8) is 0 Å². The minimum absolute atomic E-state index is 0.712. The first-order valence-corrected chi connectivity index (χ1v) is 11.8. The first-order valence-electron chi connectivity index (χ1n) is 11.8. The van der Waals surface area contributed by atoms with Crippen LogP contribution < -0.4 is 14.4 Å². The monoisotopic (exact) mass is 448 g/mol.